The Morgan fingerprint density at radius 2 is 1.76 bits per heavy atom. The topological polar surface area (TPSA) is 43.4 Å². The fourth-order valence-electron chi connectivity index (χ4n) is 2.08. The van der Waals surface area contributed by atoms with Gasteiger partial charge < -0.3 is 4.74 Å². The van der Waals surface area contributed by atoms with Crippen molar-refractivity contribution < 1.29 is 18.7 Å². The quantitative estimate of drug-likeness (QED) is 0.639. The van der Waals surface area contributed by atoms with Gasteiger partial charge >= 0.3 is 5.97 Å². The van der Waals surface area contributed by atoms with Crippen LogP contribution in [0.15, 0.2) is 48.5 Å². The number of esters is 1. The van der Waals surface area contributed by atoms with E-state index in [-0.39, 0.29) is 0 Å². The Bertz CT molecular complexity index is 665. The Labute approximate surface area is 122 Å². The van der Waals surface area contributed by atoms with Crippen LogP contribution in [-0.2, 0) is 14.3 Å². The maximum Gasteiger partial charge on any atom is 0.374 e. The largest absolute Gasteiger partial charge is 0.463 e. The third-order valence-corrected chi connectivity index (χ3v) is 3.36. The standard InChI is InChI=1S/C17H15FO3/c1-11(16(19)17(20)21-2)13-8-9-14(15(18)10-13)12-6-4-3-5-7-12/h3-11H,1-2H3. The Morgan fingerprint density at radius 3 is 2.33 bits per heavy atom. The molecule has 0 aliphatic heterocycles. The van der Waals surface area contributed by atoms with Gasteiger partial charge in [-0.3, -0.25) is 4.79 Å². The second-order valence-corrected chi connectivity index (χ2v) is 4.68. The highest BCUT2D eigenvalue weighted by atomic mass is 19.1. The zero-order chi connectivity index (χ0) is 15.4. The Balaban J connectivity index is 2.31. The van der Waals surface area contributed by atoms with Gasteiger partial charge in [0.2, 0.25) is 5.78 Å². The van der Waals surface area contributed by atoms with Gasteiger partial charge in [0.1, 0.15) is 5.82 Å². The van der Waals surface area contributed by atoms with Crippen LogP contribution in [0.5, 0.6) is 0 Å². The fraction of sp³-hybridized carbons (Fsp3) is 0.176. The van der Waals surface area contributed by atoms with Gasteiger partial charge in [0, 0.05) is 5.56 Å². The number of methoxy groups -OCH3 is 1. The molecule has 21 heavy (non-hydrogen) atoms. The number of rotatable bonds is 4. The first-order valence-electron chi connectivity index (χ1n) is 6.51. The van der Waals surface area contributed by atoms with Gasteiger partial charge in [0.25, 0.3) is 0 Å². The van der Waals surface area contributed by atoms with Crippen LogP contribution in [0.25, 0.3) is 11.1 Å². The Hall–Kier alpha value is -2.49. The van der Waals surface area contributed by atoms with E-state index < -0.39 is 23.5 Å². The molecule has 2 aromatic rings. The molecule has 0 spiro atoms. The number of carbonyl (C=O) groups is 2. The van der Waals surface area contributed by atoms with E-state index in [0.717, 1.165) is 12.7 Å². The summed E-state index contributed by atoms with van der Waals surface area (Å²) in [6, 6.07) is 13.7. The molecule has 0 fully saturated rings. The molecule has 0 saturated heterocycles. The summed E-state index contributed by atoms with van der Waals surface area (Å²) in [7, 11) is 1.14. The van der Waals surface area contributed by atoms with E-state index >= 15 is 0 Å². The molecule has 0 N–H and O–H groups in total. The average molecular weight is 286 g/mol. The van der Waals surface area contributed by atoms with E-state index in [1.165, 1.54) is 6.07 Å². The molecule has 1 unspecified atom stereocenters. The van der Waals surface area contributed by atoms with Gasteiger partial charge in [-0.1, -0.05) is 49.4 Å². The third-order valence-electron chi connectivity index (χ3n) is 3.36. The molecule has 108 valence electrons. The van der Waals surface area contributed by atoms with Crippen molar-refractivity contribution in [3.63, 3.8) is 0 Å². The first-order valence-corrected chi connectivity index (χ1v) is 6.51. The molecule has 0 bridgehead atoms. The number of benzene rings is 2. The minimum Gasteiger partial charge on any atom is -0.463 e. The van der Waals surface area contributed by atoms with Crippen LogP contribution >= 0.6 is 0 Å². The summed E-state index contributed by atoms with van der Waals surface area (Å²) in [6.07, 6.45) is 0. The van der Waals surface area contributed by atoms with Crippen molar-refractivity contribution in [2.75, 3.05) is 7.11 Å². The molecule has 0 heterocycles. The zero-order valence-corrected chi connectivity index (χ0v) is 11.8. The molecule has 0 radical (unpaired) electrons. The lowest BCUT2D eigenvalue weighted by Gasteiger charge is -2.11. The number of ketones is 1. The maximum absolute atomic E-state index is 14.2. The summed E-state index contributed by atoms with van der Waals surface area (Å²) >= 11 is 0. The van der Waals surface area contributed by atoms with Gasteiger partial charge in [-0.05, 0) is 17.2 Å². The van der Waals surface area contributed by atoms with E-state index in [1.807, 2.05) is 18.2 Å². The molecule has 1 atom stereocenters. The van der Waals surface area contributed by atoms with Crippen LogP contribution in [0, 0.1) is 5.82 Å². The first-order chi connectivity index (χ1) is 10.0. The minimum absolute atomic E-state index is 0.428. The van der Waals surface area contributed by atoms with Crippen LogP contribution in [0.3, 0.4) is 0 Å². The van der Waals surface area contributed by atoms with Crippen LogP contribution in [0.1, 0.15) is 18.4 Å². The van der Waals surface area contributed by atoms with Crippen LogP contribution in [0.4, 0.5) is 4.39 Å². The highest BCUT2D eigenvalue weighted by Gasteiger charge is 2.24. The summed E-state index contributed by atoms with van der Waals surface area (Å²) in [5.41, 5.74) is 1.66. The number of hydrogen-bond donors (Lipinski definition) is 0. The molecule has 2 rings (SSSR count). The van der Waals surface area contributed by atoms with E-state index in [0.29, 0.717) is 11.1 Å². The van der Waals surface area contributed by atoms with Crippen molar-refractivity contribution in [3.8, 4) is 11.1 Å². The van der Waals surface area contributed by atoms with Crippen LogP contribution in [0.2, 0.25) is 0 Å². The predicted octanol–water partition coefficient (Wildman–Crippen LogP) is 3.34. The average Bonchev–Trinajstić information content (AvgIpc) is 2.53. The summed E-state index contributed by atoms with van der Waals surface area (Å²) < 4.78 is 18.6. The lowest BCUT2D eigenvalue weighted by Crippen LogP contribution is -2.21. The van der Waals surface area contributed by atoms with E-state index in [9.17, 15) is 14.0 Å². The second-order valence-electron chi connectivity index (χ2n) is 4.68. The molecule has 0 saturated carbocycles. The van der Waals surface area contributed by atoms with Crippen LogP contribution in [-0.4, -0.2) is 18.9 Å². The Kier molecular flexibility index (Phi) is 4.48. The first kappa shape index (κ1) is 14.9. The van der Waals surface area contributed by atoms with Crippen molar-refractivity contribution in [2.45, 2.75) is 12.8 Å². The van der Waals surface area contributed by atoms with Gasteiger partial charge in [-0.2, -0.15) is 0 Å². The molecule has 3 nitrogen and oxygen atoms in total. The second kappa shape index (κ2) is 6.31. The number of carbonyl (C=O) groups excluding carboxylic acids is 2. The highest BCUT2D eigenvalue weighted by molar-refractivity contribution is 6.35. The molecule has 4 heteroatoms. The van der Waals surface area contributed by atoms with E-state index in [1.54, 1.807) is 31.2 Å². The number of ether oxygens (including phenoxy) is 1. The highest BCUT2D eigenvalue weighted by Crippen LogP contribution is 2.26. The van der Waals surface area contributed by atoms with Crippen molar-refractivity contribution in [1.82, 2.24) is 0 Å². The monoisotopic (exact) mass is 286 g/mol. The summed E-state index contributed by atoms with van der Waals surface area (Å²) in [5.74, 6) is -2.78. The summed E-state index contributed by atoms with van der Waals surface area (Å²) in [5, 5.41) is 0. The summed E-state index contributed by atoms with van der Waals surface area (Å²) in [4.78, 5) is 23.0. The van der Waals surface area contributed by atoms with Crippen molar-refractivity contribution in [3.05, 3.63) is 59.9 Å². The van der Waals surface area contributed by atoms with Crippen molar-refractivity contribution >= 4 is 11.8 Å². The molecule has 0 aliphatic carbocycles. The molecular formula is C17H15FO3. The maximum atomic E-state index is 14.2. The van der Waals surface area contributed by atoms with E-state index in [2.05, 4.69) is 4.74 Å². The van der Waals surface area contributed by atoms with Gasteiger partial charge in [-0.15, -0.1) is 0 Å². The summed E-state index contributed by atoms with van der Waals surface area (Å²) in [6.45, 7) is 1.55. The fourth-order valence-corrected chi connectivity index (χ4v) is 2.08. The third kappa shape index (κ3) is 3.16. The number of Topliss-reactive ketones (excluding diaryl/α,β-unsaturated/α-hetero) is 1. The Morgan fingerprint density at radius 1 is 1.10 bits per heavy atom. The molecule has 2 aromatic carbocycles. The lowest BCUT2D eigenvalue weighted by molar-refractivity contribution is -0.152. The zero-order valence-electron chi connectivity index (χ0n) is 11.8. The SMILES string of the molecule is COC(=O)C(=O)C(C)c1ccc(-c2ccccc2)c(F)c1. The minimum atomic E-state index is -0.921. The molecule has 0 amide bonds. The lowest BCUT2D eigenvalue weighted by atomic mass is 9.94. The number of hydrogen-bond acceptors (Lipinski definition) is 3. The van der Waals surface area contributed by atoms with Gasteiger partial charge in [-0.25, -0.2) is 9.18 Å². The normalized spacial score (nSPS) is 11.8. The van der Waals surface area contributed by atoms with Gasteiger partial charge in [0.15, 0.2) is 0 Å². The predicted molar refractivity (Wildman–Crippen MR) is 77.3 cm³/mol. The number of halogens is 1. The van der Waals surface area contributed by atoms with E-state index in [4.69, 9.17) is 0 Å². The molecule has 0 aromatic heterocycles. The van der Waals surface area contributed by atoms with Crippen molar-refractivity contribution in [1.29, 1.82) is 0 Å². The van der Waals surface area contributed by atoms with Gasteiger partial charge in [0.05, 0.1) is 13.0 Å². The molecule has 0 aliphatic rings. The smallest absolute Gasteiger partial charge is 0.374 e. The van der Waals surface area contributed by atoms with Crippen molar-refractivity contribution in [2.24, 2.45) is 0 Å². The van der Waals surface area contributed by atoms with Crippen LogP contribution < -0.4 is 0 Å². The molecular weight excluding hydrogens is 271 g/mol.